The van der Waals surface area contributed by atoms with E-state index in [1.807, 2.05) is 30.5 Å². The number of anilines is 1. The van der Waals surface area contributed by atoms with Gasteiger partial charge in [0.25, 0.3) is 0 Å². The Balaban J connectivity index is 1.63. The highest BCUT2D eigenvalue weighted by atomic mass is 35.5. The summed E-state index contributed by atoms with van der Waals surface area (Å²) in [6.45, 7) is 11.2. The van der Waals surface area contributed by atoms with E-state index in [1.165, 1.54) is 17.3 Å². The van der Waals surface area contributed by atoms with Crippen molar-refractivity contribution in [3.05, 3.63) is 59.1 Å². The number of carbonyl (C=O) groups excluding carboxylic acids is 1. The van der Waals surface area contributed by atoms with Crippen molar-refractivity contribution >= 4 is 35.0 Å². The summed E-state index contributed by atoms with van der Waals surface area (Å²) in [7, 11) is 0. The molecule has 32 heavy (non-hydrogen) atoms. The fraction of sp³-hybridized carbons (Fsp3) is 0.391. The number of thioether (sulfide) groups is 1. The van der Waals surface area contributed by atoms with Gasteiger partial charge in [-0.2, -0.15) is 0 Å². The molecular weight excluding hydrogens is 446 g/mol. The summed E-state index contributed by atoms with van der Waals surface area (Å²) >= 11 is 7.31. The molecular formula is C23H28ClN5O2S. The number of ether oxygens (including phenoxy) is 1. The number of hydrogen-bond acceptors (Lipinski definition) is 6. The van der Waals surface area contributed by atoms with Crippen LogP contribution in [0, 0.1) is 0 Å². The average Bonchev–Trinajstić information content (AvgIpc) is 3.17. The molecule has 3 aromatic rings. The minimum Gasteiger partial charge on any atom is -0.483 e. The molecule has 170 valence electrons. The van der Waals surface area contributed by atoms with E-state index in [2.05, 4.69) is 53.4 Å². The number of carbonyl (C=O) groups is 1. The first-order valence-electron chi connectivity index (χ1n) is 10.4. The van der Waals surface area contributed by atoms with Crippen molar-refractivity contribution in [3.63, 3.8) is 0 Å². The lowest BCUT2D eigenvalue weighted by molar-refractivity contribution is -0.113. The molecule has 0 aliphatic rings. The largest absolute Gasteiger partial charge is 0.483 e. The fourth-order valence-electron chi connectivity index (χ4n) is 3.09. The Hall–Kier alpha value is -2.58. The zero-order valence-corrected chi connectivity index (χ0v) is 20.5. The van der Waals surface area contributed by atoms with E-state index in [0.29, 0.717) is 23.2 Å². The predicted molar refractivity (Wildman–Crippen MR) is 128 cm³/mol. The topological polar surface area (TPSA) is 81.9 Å². The Morgan fingerprint density at radius 1 is 1.22 bits per heavy atom. The lowest BCUT2D eigenvalue weighted by Gasteiger charge is -2.20. The first-order chi connectivity index (χ1) is 15.2. The third kappa shape index (κ3) is 6.01. The summed E-state index contributed by atoms with van der Waals surface area (Å²) in [6, 6.07) is 11.5. The van der Waals surface area contributed by atoms with Crippen LogP contribution in [0.3, 0.4) is 0 Å². The highest BCUT2D eigenvalue weighted by Gasteiger charge is 2.20. The molecule has 0 bridgehead atoms. The molecule has 1 atom stereocenters. The molecule has 0 spiro atoms. The lowest BCUT2D eigenvalue weighted by atomic mass is 9.87. The Morgan fingerprint density at radius 2 is 1.94 bits per heavy atom. The molecule has 0 aliphatic heterocycles. The van der Waals surface area contributed by atoms with Crippen LogP contribution in [-0.2, 0) is 16.8 Å². The van der Waals surface area contributed by atoms with Crippen molar-refractivity contribution in [1.82, 2.24) is 19.7 Å². The molecule has 0 radical (unpaired) electrons. The maximum absolute atomic E-state index is 12.3. The summed E-state index contributed by atoms with van der Waals surface area (Å²) in [4.78, 5) is 16.3. The van der Waals surface area contributed by atoms with Crippen molar-refractivity contribution in [2.45, 2.75) is 57.8 Å². The van der Waals surface area contributed by atoms with Gasteiger partial charge >= 0.3 is 0 Å². The summed E-state index contributed by atoms with van der Waals surface area (Å²) in [5.41, 5.74) is 1.82. The van der Waals surface area contributed by atoms with Gasteiger partial charge in [0.1, 0.15) is 5.75 Å². The van der Waals surface area contributed by atoms with Gasteiger partial charge in [0.05, 0.1) is 11.4 Å². The second-order valence-electron chi connectivity index (χ2n) is 8.30. The van der Waals surface area contributed by atoms with Crippen LogP contribution in [0.5, 0.6) is 5.75 Å². The van der Waals surface area contributed by atoms with Crippen molar-refractivity contribution in [2.24, 2.45) is 0 Å². The maximum atomic E-state index is 12.3. The molecule has 1 N–H and O–H groups in total. The highest BCUT2D eigenvalue weighted by molar-refractivity contribution is 7.99. The van der Waals surface area contributed by atoms with Crippen LogP contribution in [0.25, 0.3) is 0 Å². The average molecular weight is 474 g/mol. The molecule has 7 nitrogen and oxygen atoms in total. The number of aromatic nitrogens is 4. The summed E-state index contributed by atoms with van der Waals surface area (Å²) < 4.78 is 8.07. The standard InChI is InChI=1S/C23H28ClN5O2S/c1-6-29-21(15(2)31-17-11-9-16(10-12-17)23(3,4)5)27-28-22(29)32-14-19(30)26-18-8-7-13-25-20(18)24/h7-13,15H,6,14H2,1-5H3,(H,26,30). The van der Waals surface area contributed by atoms with Crippen molar-refractivity contribution in [3.8, 4) is 5.75 Å². The molecule has 0 fully saturated rings. The smallest absolute Gasteiger partial charge is 0.234 e. The van der Waals surface area contributed by atoms with Crippen molar-refractivity contribution < 1.29 is 9.53 Å². The number of rotatable bonds is 8. The van der Waals surface area contributed by atoms with Gasteiger partial charge in [0.15, 0.2) is 22.2 Å². The summed E-state index contributed by atoms with van der Waals surface area (Å²) in [5, 5.41) is 12.3. The molecule has 2 aromatic heterocycles. The van der Waals surface area contributed by atoms with E-state index in [1.54, 1.807) is 18.3 Å². The second-order valence-corrected chi connectivity index (χ2v) is 9.60. The summed E-state index contributed by atoms with van der Waals surface area (Å²) in [6.07, 6.45) is 1.28. The third-order valence-corrected chi connectivity index (χ3v) is 6.09. The Morgan fingerprint density at radius 3 is 2.56 bits per heavy atom. The van der Waals surface area contributed by atoms with Gasteiger partial charge in [0, 0.05) is 12.7 Å². The normalized spacial score (nSPS) is 12.4. The van der Waals surface area contributed by atoms with Crippen LogP contribution < -0.4 is 10.1 Å². The zero-order valence-electron chi connectivity index (χ0n) is 18.9. The van der Waals surface area contributed by atoms with E-state index in [0.717, 1.165) is 5.75 Å². The SMILES string of the molecule is CCn1c(SCC(=O)Nc2cccnc2Cl)nnc1C(C)Oc1ccc(C(C)(C)C)cc1. The van der Waals surface area contributed by atoms with Gasteiger partial charge in [-0.1, -0.05) is 56.3 Å². The van der Waals surface area contributed by atoms with E-state index < -0.39 is 0 Å². The Kier molecular flexibility index (Phi) is 7.79. The third-order valence-electron chi connectivity index (χ3n) is 4.82. The second kappa shape index (κ2) is 10.4. The summed E-state index contributed by atoms with van der Waals surface area (Å²) in [5.74, 6) is 1.47. The molecule has 3 rings (SSSR count). The molecule has 0 saturated heterocycles. The van der Waals surface area contributed by atoms with E-state index in [9.17, 15) is 4.79 Å². The zero-order chi connectivity index (χ0) is 23.3. The lowest BCUT2D eigenvalue weighted by Crippen LogP contribution is -2.16. The predicted octanol–water partition coefficient (Wildman–Crippen LogP) is 5.51. The van der Waals surface area contributed by atoms with Gasteiger partial charge < -0.3 is 14.6 Å². The molecule has 1 unspecified atom stereocenters. The Bertz CT molecular complexity index is 1060. The van der Waals surface area contributed by atoms with Gasteiger partial charge in [0.2, 0.25) is 5.91 Å². The molecule has 9 heteroatoms. The van der Waals surface area contributed by atoms with Crippen molar-refractivity contribution in [2.75, 3.05) is 11.1 Å². The van der Waals surface area contributed by atoms with E-state index in [4.69, 9.17) is 16.3 Å². The van der Waals surface area contributed by atoms with Gasteiger partial charge in [-0.05, 0) is 49.1 Å². The minimum atomic E-state index is -0.291. The number of nitrogens with zero attached hydrogens (tertiary/aromatic N) is 4. The molecule has 1 amide bonds. The quantitative estimate of drug-likeness (QED) is 0.343. The number of nitrogens with one attached hydrogen (secondary N) is 1. The first-order valence-corrected chi connectivity index (χ1v) is 11.8. The molecule has 0 aliphatic carbocycles. The molecule has 0 saturated carbocycles. The van der Waals surface area contributed by atoms with Gasteiger partial charge in [-0.25, -0.2) is 4.98 Å². The number of amides is 1. The first kappa shape index (κ1) is 24.1. The molecule has 1 aromatic carbocycles. The Labute approximate surface area is 197 Å². The maximum Gasteiger partial charge on any atom is 0.234 e. The number of hydrogen-bond donors (Lipinski definition) is 1. The van der Waals surface area contributed by atoms with Crippen LogP contribution in [0.15, 0.2) is 47.8 Å². The number of halogens is 1. The monoisotopic (exact) mass is 473 g/mol. The van der Waals surface area contributed by atoms with Gasteiger partial charge in [-0.3, -0.25) is 4.79 Å². The van der Waals surface area contributed by atoms with Gasteiger partial charge in [-0.15, -0.1) is 10.2 Å². The number of benzene rings is 1. The van der Waals surface area contributed by atoms with E-state index in [-0.39, 0.29) is 28.3 Å². The fourth-order valence-corrected chi connectivity index (χ4v) is 4.07. The van der Waals surface area contributed by atoms with Crippen LogP contribution >= 0.6 is 23.4 Å². The highest BCUT2D eigenvalue weighted by Crippen LogP contribution is 2.28. The number of pyridine rings is 1. The van der Waals surface area contributed by atoms with Crippen molar-refractivity contribution in [1.29, 1.82) is 0 Å². The van der Waals surface area contributed by atoms with Crippen LogP contribution in [0.1, 0.15) is 52.1 Å². The van der Waals surface area contributed by atoms with Crippen LogP contribution in [0.4, 0.5) is 5.69 Å². The molecule has 2 heterocycles. The van der Waals surface area contributed by atoms with Crippen LogP contribution in [0.2, 0.25) is 5.15 Å². The van der Waals surface area contributed by atoms with E-state index >= 15 is 0 Å². The van der Waals surface area contributed by atoms with Crippen LogP contribution in [-0.4, -0.2) is 31.4 Å². The minimum absolute atomic E-state index is 0.0906.